The molecule has 0 bridgehead atoms. The highest BCUT2D eigenvalue weighted by Gasteiger charge is 2.13. The molecule has 150 valence electrons. The van der Waals surface area contributed by atoms with Crippen LogP contribution < -0.4 is 20.9 Å². The van der Waals surface area contributed by atoms with Gasteiger partial charge in [-0.1, -0.05) is 18.2 Å². The number of carbonyl (C=O) groups is 3. The predicted octanol–water partition coefficient (Wildman–Crippen LogP) is 0.702. The summed E-state index contributed by atoms with van der Waals surface area (Å²) in [5.41, 5.74) is 6.67. The van der Waals surface area contributed by atoms with E-state index in [-0.39, 0.29) is 13.0 Å². The topological polar surface area (TPSA) is 114 Å². The zero-order valence-corrected chi connectivity index (χ0v) is 16.1. The van der Waals surface area contributed by atoms with Gasteiger partial charge in [0, 0.05) is 12.6 Å². The van der Waals surface area contributed by atoms with Gasteiger partial charge in [0.2, 0.25) is 5.91 Å². The van der Waals surface area contributed by atoms with Gasteiger partial charge in [0.15, 0.2) is 0 Å². The van der Waals surface area contributed by atoms with E-state index in [9.17, 15) is 14.4 Å². The van der Waals surface area contributed by atoms with Crippen molar-refractivity contribution in [2.45, 2.75) is 6.42 Å². The number of methoxy groups -OCH3 is 1. The zero-order chi connectivity index (χ0) is 20.8. The van der Waals surface area contributed by atoms with Gasteiger partial charge in [0.1, 0.15) is 11.6 Å². The summed E-state index contributed by atoms with van der Waals surface area (Å²) in [5, 5.41) is 2.48. The van der Waals surface area contributed by atoms with Crippen LogP contribution in [-0.2, 0) is 23.1 Å². The summed E-state index contributed by atoms with van der Waals surface area (Å²) in [6.45, 7) is -0.289. The molecular weight excluding hydrogens is 374 g/mol. The molecule has 3 aromatic rings. The van der Waals surface area contributed by atoms with E-state index in [4.69, 9.17) is 4.74 Å². The Labute approximate surface area is 167 Å². The minimum absolute atomic E-state index is 0.00162. The molecule has 0 fully saturated rings. The number of hydrazine groups is 1. The normalized spacial score (nSPS) is 10.4. The van der Waals surface area contributed by atoms with E-state index < -0.39 is 17.7 Å². The number of carbonyl (C=O) groups excluding carboxylic acids is 3. The summed E-state index contributed by atoms with van der Waals surface area (Å²) < 4.78 is 6.88. The van der Waals surface area contributed by atoms with Crippen LogP contribution >= 0.6 is 0 Å². The number of aromatic nitrogens is 2. The minimum Gasteiger partial charge on any atom is -0.497 e. The van der Waals surface area contributed by atoms with Gasteiger partial charge in [0.05, 0.1) is 31.1 Å². The number of nitrogens with zero attached hydrogens (tertiary/aromatic N) is 2. The molecule has 29 heavy (non-hydrogen) atoms. The molecule has 0 aliphatic heterocycles. The van der Waals surface area contributed by atoms with Crippen molar-refractivity contribution in [1.29, 1.82) is 0 Å². The van der Waals surface area contributed by atoms with E-state index in [1.165, 1.54) is 7.11 Å². The van der Waals surface area contributed by atoms with Crippen molar-refractivity contribution in [3.63, 3.8) is 0 Å². The average Bonchev–Trinajstić information content (AvgIpc) is 3.06. The maximum absolute atomic E-state index is 12.1. The highest BCUT2D eigenvalue weighted by molar-refractivity contribution is 5.97. The molecule has 3 N–H and O–H groups in total. The van der Waals surface area contributed by atoms with Gasteiger partial charge in [-0.05, 0) is 30.3 Å². The van der Waals surface area contributed by atoms with Crippen LogP contribution in [0.5, 0.6) is 5.75 Å². The fourth-order valence-corrected chi connectivity index (χ4v) is 2.75. The third-order valence-corrected chi connectivity index (χ3v) is 4.28. The number of nitrogens with one attached hydrogen (secondary N) is 3. The zero-order valence-electron chi connectivity index (χ0n) is 16.1. The Kier molecular flexibility index (Phi) is 6.08. The number of benzene rings is 2. The molecule has 1 heterocycles. The van der Waals surface area contributed by atoms with Crippen molar-refractivity contribution < 1.29 is 19.1 Å². The van der Waals surface area contributed by atoms with Gasteiger partial charge >= 0.3 is 0 Å². The van der Waals surface area contributed by atoms with Crippen molar-refractivity contribution in [2.24, 2.45) is 7.05 Å². The largest absolute Gasteiger partial charge is 0.497 e. The van der Waals surface area contributed by atoms with Crippen LogP contribution in [0.15, 0.2) is 48.5 Å². The third-order valence-electron chi connectivity index (χ3n) is 4.28. The second-order valence-corrected chi connectivity index (χ2v) is 6.26. The molecule has 0 unspecified atom stereocenters. The highest BCUT2D eigenvalue weighted by Crippen LogP contribution is 2.14. The smallest absolute Gasteiger partial charge is 0.257 e. The fraction of sp³-hybridized carbons (Fsp3) is 0.200. The number of fused-ring (bicyclic) bond motifs is 1. The van der Waals surface area contributed by atoms with Gasteiger partial charge in [-0.2, -0.15) is 0 Å². The lowest BCUT2D eigenvalue weighted by molar-refractivity contribution is -0.128. The molecule has 3 rings (SSSR count). The van der Waals surface area contributed by atoms with Gasteiger partial charge < -0.3 is 14.6 Å². The number of aryl methyl sites for hydroxylation is 1. The summed E-state index contributed by atoms with van der Waals surface area (Å²) in [6.07, 6.45) is 0.00162. The van der Waals surface area contributed by atoms with Gasteiger partial charge in [-0.25, -0.2) is 4.98 Å². The van der Waals surface area contributed by atoms with Crippen molar-refractivity contribution in [3.8, 4) is 5.75 Å². The molecule has 0 aliphatic rings. The summed E-state index contributed by atoms with van der Waals surface area (Å²) in [5.74, 6) is -0.291. The Hall–Kier alpha value is -3.88. The van der Waals surface area contributed by atoms with Crippen molar-refractivity contribution >= 4 is 28.8 Å². The monoisotopic (exact) mass is 395 g/mol. The summed E-state index contributed by atoms with van der Waals surface area (Å²) in [4.78, 5) is 40.5. The van der Waals surface area contributed by atoms with E-state index in [0.29, 0.717) is 17.1 Å². The lowest BCUT2D eigenvalue weighted by Crippen LogP contribution is -2.47. The van der Waals surface area contributed by atoms with Crippen LogP contribution in [-0.4, -0.2) is 40.9 Å². The van der Waals surface area contributed by atoms with Crippen LogP contribution in [0.25, 0.3) is 11.0 Å². The second-order valence-electron chi connectivity index (χ2n) is 6.26. The number of para-hydroxylation sites is 2. The third kappa shape index (κ3) is 4.89. The lowest BCUT2D eigenvalue weighted by atomic mass is 10.2. The Bertz CT molecular complexity index is 1060. The number of ether oxygens (including phenoxy) is 1. The molecule has 0 saturated carbocycles. The first-order chi connectivity index (χ1) is 14.0. The number of amides is 3. The lowest BCUT2D eigenvalue weighted by Gasteiger charge is -2.09. The summed E-state index contributed by atoms with van der Waals surface area (Å²) in [7, 11) is 3.32. The standard InChI is InChI=1S/C20H21N5O4/c1-25-16-9-4-3-8-15(16)22-17(25)11-18(26)23-24-19(27)12-21-20(28)13-6-5-7-14(10-13)29-2/h3-10H,11-12H2,1-2H3,(H,21,28)(H,23,26)(H,24,27). The number of hydrogen-bond donors (Lipinski definition) is 3. The summed E-state index contributed by atoms with van der Waals surface area (Å²) >= 11 is 0. The van der Waals surface area contributed by atoms with Crippen LogP contribution in [0, 0.1) is 0 Å². The maximum atomic E-state index is 12.1. The van der Waals surface area contributed by atoms with E-state index in [1.54, 1.807) is 24.3 Å². The fourth-order valence-electron chi connectivity index (χ4n) is 2.75. The molecule has 3 amide bonds. The number of imidazole rings is 1. The Balaban J connectivity index is 1.46. The SMILES string of the molecule is COc1cccc(C(=O)NCC(=O)NNC(=O)Cc2nc3ccccc3n2C)c1. The second kappa shape index (κ2) is 8.87. The van der Waals surface area contributed by atoms with Crippen molar-refractivity contribution in [2.75, 3.05) is 13.7 Å². The van der Waals surface area contributed by atoms with E-state index in [0.717, 1.165) is 11.0 Å². The van der Waals surface area contributed by atoms with Crippen molar-refractivity contribution in [3.05, 3.63) is 59.9 Å². The van der Waals surface area contributed by atoms with E-state index in [1.807, 2.05) is 35.9 Å². The molecule has 0 saturated heterocycles. The molecule has 2 aromatic carbocycles. The van der Waals surface area contributed by atoms with Crippen molar-refractivity contribution in [1.82, 2.24) is 25.7 Å². The average molecular weight is 395 g/mol. The predicted molar refractivity (Wildman–Crippen MR) is 106 cm³/mol. The highest BCUT2D eigenvalue weighted by atomic mass is 16.5. The van der Waals surface area contributed by atoms with Gasteiger partial charge in [0.25, 0.3) is 11.8 Å². The molecule has 1 aromatic heterocycles. The van der Waals surface area contributed by atoms with Gasteiger partial charge in [-0.3, -0.25) is 25.2 Å². The first-order valence-corrected chi connectivity index (χ1v) is 8.88. The Morgan fingerprint density at radius 2 is 1.79 bits per heavy atom. The number of hydrogen-bond acceptors (Lipinski definition) is 5. The molecule has 0 radical (unpaired) electrons. The summed E-state index contributed by atoms with van der Waals surface area (Å²) in [6, 6.07) is 14.1. The molecular formula is C20H21N5O4. The van der Waals surface area contributed by atoms with Gasteiger partial charge in [-0.15, -0.1) is 0 Å². The first-order valence-electron chi connectivity index (χ1n) is 8.88. The number of rotatable bonds is 6. The molecule has 9 heteroatoms. The first kappa shape index (κ1) is 19.9. The Morgan fingerprint density at radius 3 is 2.55 bits per heavy atom. The van der Waals surface area contributed by atoms with E-state index >= 15 is 0 Å². The van der Waals surface area contributed by atoms with E-state index in [2.05, 4.69) is 21.2 Å². The molecule has 0 spiro atoms. The maximum Gasteiger partial charge on any atom is 0.257 e. The molecule has 0 aliphatic carbocycles. The van der Waals surface area contributed by atoms with Crippen LogP contribution in [0.3, 0.4) is 0 Å². The Morgan fingerprint density at radius 1 is 1.03 bits per heavy atom. The van der Waals surface area contributed by atoms with Crippen LogP contribution in [0.1, 0.15) is 16.2 Å². The van der Waals surface area contributed by atoms with Crippen LogP contribution in [0.2, 0.25) is 0 Å². The molecule has 0 atom stereocenters. The minimum atomic E-state index is -0.556. The van der Waals surface area contributed by atoms with Crippen LogP contribution in [0.4, 0.5) is 0 Å². The molecule has 9 nitrogen and oxygen atoms in total. The quantitative estimate of drug-likeness (QED) is 0.532.